The molecule has 0 radical (unpaired) electrons. The van der Waals surface area contributed by atoms with E-state index in [0.29, 0.717) is 11.7 Å². The summed E-state index contributed by atoms with van der Waals surface area (Å²) in [6.07, 6.45) is 7.35. The third kappa shape index (κ3) is 3.01. The van der Waals surface area contributed by atoms with Crippen LogP contribution in [0.1, 0.15) is 48.7 Å². The average molecular weight is 396 g/mol. The molecule has 8 heteroatoms. The molecule has 5 rings (SSSR count). The summed E-state index contributed by atoms with van der Waals surface area (Å²) >= 11 is 0. The van der Waals surface area contributed by atoms with Gasteiger partial charge in [-0.1, -0.05) is 12.1 Å². The number of nitrogens with zero attached hydrogens (tertiary/aromatic N) is 6. The lowest BCUT2D eigenvalue weighted by molar-refractivity contribution is 0.765. The topological polar surface area (TPSA) is 118 Å². The van der Waals surface area contributed by atoms with Crippen LogP contribution >= 0.6 is 0 Å². The number of rotatable bonds is 5. The zero-order chi connectivity index (χ0) is 20.7. The van der Waals surface area contributed by atoms with Gasteiger partial charge in [0.05, 0.1) is 29.0 Å². The van der Waals surface area contributed by atoms with Crippen molar-refractivity contribution in [3.63, 3.8) is 0 Å². The Balaban J connectivity index is 1.67. The molecule has 0 saturated heterocycles. The predicted octanol–water partition coefficient (Wildman–Crippen LogP) is 3.71. The lowest BCUT2D eigenvalue weighted by Gasteiger charge is -2.18. The van der Waals surface area contributed by atoms with Crippen LogP contribution in [0.2, 0.25) is 0 Å². The number of aromatic nitrogens is 5. The van der Waals surface area contributed by atoms with Crippen LogP contribution in [-0.4, -0.2) is 24.5 Å². The molecule has 0 spiro atoms. The van der Waals surface area contributed by atoms with Gasteiger partial charge < -0.3 is 11.1 Å². The maximum Gasteiger partial charge on any atom is 0.150 e. The van der Waals surface area contributed by atoms with Crippen molar-refractivity contribution in [1.82, 2.24) is 24.5 Å². The molecule has 1 aliphatic rings. The second kappa shape index (κ2) is 7.12. The summed E-state index contributed by atoms with van der Waals surface area (Å²) < 4.78 is 2.16. The molecule has 3 aromatic heterocycles. The number of nitrogen functional groups attached to an aromatic ring is 1. The van der Waals surface area contributed by atoms with Gasteiger partial charge >= 0.3 is 0 Å². The Bertz CT molecular complexity index is 1270. The normalized spacial score (nSPS) is 14.4. The van der Waals surface area contributed by atoms with E-state index in [4.69, 9.17) is 10.7 Å². The first kappa shape index (κ1) is 18.1. The second-order valence-electron chi connectivity index (χ2n) is 7.47. The number of anilines is 2. The Hall–Kier alpha value is -3.99. The van der Waals surface area contributed by atoms with Gasteiger partial charge in [-0.3, -0.25) is 9.55 Å². The Morgan fingerprint density at radius 2 is 2.10 bits per heavy atom. The van der Waals surface area contributed by atoms with E-state index in [1.165, 1.54) is 24.7 Å². The summed E-state index contributed by atoms with van der Waals surface area (Å²) in [6.45, 7) is 1.99. The molecule has 3 N–H and O–H groups in total. The van der Waals surface area contributed by atoms with Gasteiger partial charge in [-0.2, -0.15) is 5.26 Å². The van der Waals surface area contributed by atoms with Crippen LogP contribution in [0.25, 0.3) is 16.7 Å². The van der Waals surface area contributed by atoms with Crippen LogP contribution in [0.3, 0.4) is 0 Å². The minimum absolute atomic E-state index is 0.152. The largest absolute Gasteiger partial charge is 0.382 e. The van der Waals surface area contributed by atoms with E-state index in [-0.39, 0.29) is 17.4 Å². The van der Waals surface area contributed by atoms with E-state index in [9.17, 15) is 5.26 Å². The number of pyridine rings is 1. The summed E-state index contributed by atoms with van der Waals surface area (Å²) in [4.78, 5) is 17.4. The first-order chi connectivity index (χ1) is 14.7. The summed E-state index contributed by atoms with van der Waals surface area (Å²) in [5.74, 6) is 1.93. The van der Waals surface area contributed by atoms with Crippen LogP contribution in [0.15, 0.2) is 49.1 Å². The highest BCUT2D eigenvalue weighted by atomic mass is 15.2. The number of nitrogens with one attached hydrogen (secondary N) is 1. The number of benzene rings is 1. The van der Waals surface area contributed by atoms with E-state index in [1.54, 1.807) is 6.20 Å². The van der Waals surface area contributed by atoms with Crippen LogP contribution in [0.5, 0.6) is 0 Å². The Kier molecular flexibility index (Phi) is 4.29. The number of hydrogen-bond donors (Lipinski definition) is 2. The second-order valence-corrected chi connectivity index (χ2v) is 7.47. The van der Waals surface area contributed by atoms with Crippen molar-refractivity contribution in [3.05, 3.63) is 66.0 Å². The number of hydrogen-bond acceptors (Lipinski definition) is 7. The molecule has 8 nitrogen and oxygen atoms in total. The summed E-state index contributed by atoms with van der Waals surface area (Å²) in [5.41, 5.74) is 10.4. The van der Waals surface area contributed by atoms with E-state index in [0.717, 1.165) is 22.5 Å². The average Bonchev–Trinajstić information content (AvgIpc) is 3.53. The summed E-state index contributed by atoms with van der Waals surface area (Å²) in [6, 6.07) is 12.1. The smallest absolute Gasteiger partial charge is 0.150 e. The van der Waals surface area contributed by atoms with Crippen molar-refractivity contribution in [1.29, 1.82) is 5.26 Å². The highest BCUT2D eigenvalue weighted by molar-refractivity contribution is 5.83. The number of fused-ring (bicyclic) bond motifs is 1. The fourth-order valence-corrected chi connectivity index (χ4v) is 3.82. The zero-order valence-electron chi connectivity index (χ0n) is 16.4. The van der Waals surface area contributed by atoms with Gasteiger partial charge in [-0.25, -0.2) is 15.0 Å². The molecular weight excluding hydrogens is 376 g/mol. The minimum atomic E-state index is -0.244. The van der Waals surface area contributed by atoms with Crippen molar-refractivity contribution < 1.29 is 0 Å². The summed E-state index contributed by atoms with van der Waals surface area (Å²) in [7, 11) is 0. The molecule has 1 saturated carbocycles. The van der Waals surface area contributed by atoms with E-state index in [2.05, 4.69) is 43.0 Å². The molecule has 0 bridgehead atoms. The van der Waals surface area contributed by atoms with Gasteiger partial charge in [0.25, 0.3) is 0 Å². The molecule has 30 heavy (non-hydrogen) atoms. The maximum atomic E-state index is 9.45. The molecule has 4 aromatic rings. The standard InChI is InChI=1S/C22H20N8/c1-13(28-21-17(10-23)20(24)26-12-27-21)22-29-18-6-2-5-16(14-7-8-14)19(18)30(22)15-4-3-9-25-11-15/h2-6,9,11-14H,7-8H2,1H3,(H3,24,26,27,28)/t13-/m0/s1. The zero-order valence-corrected chi connectivity index (χ0v) is 16.4. The van der Waals surface area contributed by atoms with E-state index < -0.39 is 0 Å². The van der Waals surface area contributed by atoms with E-state index in [1.807, 2.05) is 31.3 Å². The maximum absolute atomic E-state index is 9.45. The third-order valence-corrected chi connectivity index (χ3v) is 5.38. The number of nitrogens with two attached hydrogens (primary N) is 1. The van der Waals surface area contributed by atoms with Crippen molar-refractivity contribution in [2.24, 2.45) is 0 Å². The van der Waals surface area contributed by atoms with Crippen LogP contribution in [-0.2, 0) is 0 Å². The molecule has 1 aromatic carbocycles. The van der Waals surface area contributed by atoms with Crippen LogP contribution in [0, 0.1) is 11.3 Å². The van der Waals surface area contributed by atoms with Crippen molar-refractivity contribution in [2.45, 2.75) is 31.7 Å². The molecule has 1 fully saturated rings. The Labute approximate surface area is 173 Å². The molecular formula is C22H20N8. The molecule has 0 aliphatic heterocycles. The van der Waals surface area contributed by atoms with Crippen LogP contribution < -0.4 is 11.1 Å². The third-order valence-electron chi connectivity index (χ3n) is 5.38. The van der Waals surface area contributed by atoms with Gasteiger partial charge in [-0.05, 0) is 49.4 Å². The van der Waals surface area contributed by atoms with Crippen molar-refractivity contribution >= 4 is 22.7 Å². The number of para-hydroxylation sites is 1. The van der Waals surface area contributed by atoms with Gasteiger partial charge in [0.2, 0.25) is 0 Å². The quantitative estimate of drug-likeness (QED) is 0.528. The lowest BCUT2D eigenvalue weighted by Crippen LogP contribution is -2.15. The Morgan fingerprint density at radius 3 is 2.83 bits per heavy atom. The molecule has 148 valence electrons. The first-order valence-corrected chi connectivity index (χ1v) is 9.86. The van der Waals surface area contributed by atoms with Gasteiger partial charge in [0.15, 0.2) is 0 Å². The van der Waals surface area contributed by atoms with Crippen molar-refractivity contribution in [3.8, 4) is 11.8 Å². The predicted molar refractivity (Wildman–Crippen MR) is 114 cm³/mol. The Morgan fingerprint density at radius 1 is 1.23 bits per heavy atom. The van der Waals surface area contributed by atoms with Crippen LogP contribution in [0.4, 0.5) is 11.6 Å². The summed E-state index contributed by atoms with van der Waals surface area (Å²) in [5, 5.41) is 12.8. The first-order valence-electron chi connectivity index (χ1n) is 9.86. The lowest BCUT2D eigenvalue weighted by atomic mass is 10.1. The highest BCUT2D eigenvalue weighted by Crippen LogP contribution is 2.44. The van der Waals surface area contributed by atoms with Gasteiger partial charge in [0, 0.05) is 6.20 Å². The minimum Gasteiger partial charge on any atom is -0.382 e. The number of imidazole rings is 1. The molecule has 1 aliphatic carbocycles. The fourth-order valence-electron chi connectivity index (χ4n) is 3.82. The number of nitriles is 1. The molecule has 0 unspecified atom stereocenters. The molecule has 1 atom stereocenters. The SMILES string of the molecule is C[C@H](Nc1ncnc(N)c1C#N)c1nc2cccc(C3CC3)c2n1-c1cccnc1. The fraction of sp³-hybridized carbons (Fsp3) is 0.227. The van der Waals surface area contributed by atoms with Gasteiger partial charge in [0.1, 0.15) is 35.4 Å². The van der Waals surface area contributed by atoms with Gasteiger partial charge in [-0.15, -0.1) is 0 Å². The van der Waals surface area contributed by atoms with E-state index >= 15 is 0 Å². The monoisotopic (exact) mass is 396 g/mol. The van der Waals surface area contributed by atoms with Crippen molar-refractivity contribution in [2.75, 3.05) is 11.1 Å². The highest BCUT2D eigenvalue weighted by Gasteiger charge is 2.29. The molecule has 3 heterocycles. The molecule has 0 amide bonds.